The second-order valence-corrected chi connectivity index (χ2v) is 5.83. The minimum Gasteiger partial charge on any atom is -0.474 e. The van der Waals surface area contributed by atoms with Gasteiger partial charge in [-0.1, -0.05) is 0 Å². The van der Waals surface area contributed by atoms with Gasteiger partial charge in [-0.15, -0.1) is 0 Å². The zero-order chi connectivity index (χ0) is 12.1. The Hall–Kier alpha value is -0.970. The lowest BCUT2D eigenvalue weighted by atomic mass is 10.2. The molecule has 0 aliphatic carbocycles. The van der Waals surface area contributed by atoms with Crippen molar-refractivity contribution in [2.45, 2.75) is 38.0 Å². The normalized spacial score (nSPS) is 19.6. The topological polar surface area (TPSA) is 47.0 Å². The number of nitrogens with zero attached hydrogens (tertiary/aromatic N) is 2. The van der Waals surface area contributed by atoms with Crippen LogP contribution in [0, 0.1) is 0 Å². The van der Waals surface area contributed by atoms with Gasteiger partial charge in [0.05, 0.1) is 18.5 Å². The maximum atomic E-state index is 5.51. The number of nitrogens with one attached hydrogen (secondary N) is 1. The van der Waals surface area contributed by atoms with E-state index < -0.39 is 0 Å². The highest BCUT2D eigenvalue weighted by Gasteiger charge is 2.15. The van der Waals surface area contributed by atoms with E-state index in [9.17, 15) is 0 Å². The monoisotopic (exact) mass is 253 g/mol. The summed E-state index contributed by atoms with van der Waals surface area (Å²) in [5.41, 5.74) is 0. The van der Waals surface area contributed by atoms with Gasteiger partial charge in [-0.25, -0.2) is 0 Å². The Morgan fingerprint density at radius 1 is 1.53 bits per heavy atom. The van der Waals surface area contributed by atoms with Crippen LogP contribution < -0.4 is 10.1 Å². The Labute approximate surface area is 107 Å². The maximum absolute atomic E-state index is 5.51. The highest BCUT2D eigenvalue weighted by molar-refractivity contribution is 8.00. The van der Waals surface area contributed by atoms with E-state index in [4.69, 9.17) is 4.74 Å². The molecule has 4 nitrogen and oxygen atoms in total. The number of thioether (sulfide) groups is 1. The first-order valence-electron chi connectivity index (χ1n) is 6.08. The van der Waals surface area contributed by atoms with E-state index in [0.717, 1.165) is 12.4 Å². The van der Waals surface area contributed by atoms with Crippen LogP contribution >= 0.6 is 11.8 Å². The molecule has 0 radical (unpaired) electrons. The molecule has 0 aromatic carbocycles. The fourth-order valence-corrected chi connectivity index (χ4v) is 2.96. The molecule has 1 aromatic heterocycles. The van der Waals surface area contributed by atoms with Crippen LogP contribution in [0.2, 0.25) is 0 Å². The van der Waals surface area contributed by atoms with Crippen LogP contribution in [0.1, 0.15) is 26.7 Å². The summed E-state index contributed by atoms with van der Waals surface area (Å²) in [6.45, 7) is 4.93. The molecule has 1 N–H and O–H groups in total. The summed E-state index contributed by atoms with van der Waals surface area (Å²) >= 11 is 2.03. The van der Waals surface area contributed by atoms with Crippen LogP contribution in [0.25, 0.3) is 0 Å². The fraction of sp³-hybridized carbons (Fsp3) is 0.667. The minimum atomic E-state index is 0.130. The first kappa shape index (κ1) is 12.5. The van der Waals surface area contributed by atoms with Crippen molar-refractivity contribution >= 4 is 17.6 Å². The molecular weight excluding hydrogens is 234 g/mol. The first-order valence-corrected chi connectivity index (χ1v) is 7.13. The summed E-state index contributed by atoms with van der Waals surface area (Å²) in [7, 11) is 0. The van der Waals surface area contributed by atoms with Crippen LogP contribution in [0.3, 0.4) is 0 Å². The zero-order valence-electron chi connectivity index (χ0n) is 10.3. The Balaban J connectivity index is 1.86. The number of hydrogen-bond acceptors (Lipinski definition) is 5. The molecule has 94 valence electrons. The van der Waals surface area contributed by atoms with E-state index >= 15 is 0 Å². The first-order chi connectivity index (χ1) is 8.24. The summed E-state index contributed by atoms with van der Waals surface area (Å²) in [6.07, 6.45) is 6.15. The summed E-state index contributed by atoms with van der Waals surface area (Å²) in [4.78, 5) is 8.49. The number of hydrogen-bond donors (Lipinski definition) is 1. The van der Waals surface area contributed by atoms with Crippen molar-refractivity contribution in [3.05, 3.63) is 12.4 Å². The average Bonchev–Trinajstić information content (AvgIpc) is 2.79. The van der Waals surface area contributed by atoms with Gasteiger partial charge in [0.25, 0.3) is 0 Å². The molecule has 1 atom stereocenters. The molecule has 0 spiro atoms. The molecule has 1 unspecified atom stereocenters. The highest BCUT2D eigenvalue weighted by Crippen LogP contribution is 2.26. The minimum absolute atomic E-state index is 0.130. The largest absolute Gasteiger partial charge is 0.474 e. The molecular formula is C12H19N3OS. The molecule has 1 aliphatic heterocycles. The van der Waals surface area contributed by atoms with Crippen LogP contribution in [0.4, 0.5) is 5.82 Å². The summed E-state index contributed by atoms with van der Waals surface area (Å²) in [6, 6.07) is 0. The molecule has 0 saturated carbocycles. The van der Waals surface area contributed by atoms with Gasteiger partial charge in [-0.3, -0.25) is 4.98 Å². The average molecular weight is 253 g/mol. The van der Waals surface area contributed by atoms with Gasteiger partial charge < -0.3 is 10.1 Å². The van der Waals surface area contributed by atoms with Gasteiger partial charge in [0, 0.05) is 11.8 Å². The molecule has 1 fully saturated rings. The second kappa shape index (κ2) is 6.10. The van der Waals surface area contributed by atoms with Crippen LogP contribution in [-0.4, -0.2) is 33.6 Å². The second-order valence-electron chi connectivity index (χ2n) is 4.43. The quantitative estimate of drug-likeness (QED) is 0.874. The number of anilines is 1. The van der Waals surface area contributed by atoms with Gasteiger partial charge in [0.15, 0.2) is 0 Å². The van der Waals surface area contributed by atoms with Crippen molar-refractivity contribution in [3.8, 4) is 5.88 Å². The zero-order valence-corrected chi connectivity index (χ0v) is 11.2. The standard InChI is InChI=1S/C12H19N3OS/c1-9(2)16-12-8-13-7-11(15-12)14-6-10-4-3-5-17-10/h7-10H,3-6H2,1-2H3,(H,14,15). The van der Waals surface area contributed by atoms with Crippen molar-refractivity contribution in [3.63, 3.8) is 0 Å². The Kier molecular flexibility index (Phi) is 4.48. The summed E-state index contributed by atoms with van der Waals surface area (Å²) < 4.78 is 5.51. The van der Waals surface area contributed by atoms with Crippen LogP contribution in [0.15, 0.2) is 12.4 Å². The van der Waals surface area contributed by atoms with Crippen molar-refractivity contribution < 1.29 is 4.74 Å². The summed E-state index contributed by atoms with van der Waals surface area (Å²) in [5.74, 6) is 2.67. The third-order valence-electron chi connectivity index (χ3n) is 2.50. The van der Waals surface area contributed by atoms with Gasteiger partial charge in [0.2, 0.25) is 5.88 Å². The van der Waals surface area contributed by atoms with Crippen LogP contribution in [0.5, 0.6) is 5.88 Å². The lowest BCUT2D eigenvalue weighted by Gasteiger charge is -2.12. The third-order valence-corrected chi connectivity index (χ3v) is 3.90. The smallest absolute Gasteiger partial charge is 0.234 e. The molecule has 17 heavy (non-hydrogen) atoms. The maximum Gasteiger partial charge on any atom is 0.234 e. The van der Waals surface area contributed by atoms with E-state index in [1.807, 2.05) is 25.6 Å². The molecule has 2 rings (SSSR count). The Bertz CT molecular complexity index is 353. The molecule has 0 amide bonds. The van der Waals surface area contributed by atoms with E-state index in [0.29, 0.717) is 11.1 Å². The number of aromatic nitrogens is 2. The molecule has 5 heteroatoms. The predicted octanol–water partition coefficient (Wildman–Crippen LogP) is 2.57. The van der Waals surface area contributed by atoms with Crippen molar-refractivity contribution in [2.24, 2.45) is 0 Å². The lowest BCUT2D eigenvalue weighted by molar-refractivity contribution is 0.232. The SMILES string of the molecule is CC(C)Oc1cncc(NCC2CCCS2)n1. The van der Waals surface area contributed by atoms with E-state index in [-0.39, 0.29) is 6.10 Å². The van der Waals surface area contributed by atoms with Crippen molar-refractivity contribution in [2.75, 3.05) is 17.6 Å². The highest BCUT2D eigenvalue weighted by atomic mass is 32.2. The molecule has 1 aromatic rings. The predicted molar refractivity (Wildman–Crippen MR) is 71.8 cm³/mol. The Morgan fingerprint density at radius 3 is 3.12 bits per heavy atom. The fourth-order valence-electron chi connectivity index (χ4n) is 1.76. The van der Waals surface area contributed by atoms with Crippen molar-refractivity contribution in [1.29, 1.82) is 0 Å². The number of ether oxygens (including phenoxy) is 1. The van der Waals surface area contributed by atoms with Gasteiger partial charge in [-0.2, -0.15) is 16.7 Å². The third kappa shape index (κ3) is 4.07. The molecule has 1 saturated heterocycles. The van der Waals surface area contributed by atoms with E-state index in [2.05, 4.69) is 15.3 Å². The van der Waals surface area contributed by atoms with Crippen LogP contribution in [-0.2, 0) is 0 Å². The van der Waals surface area contributed by atoms with E-state index in [1.54, 1.807) is 12.4 Å². The van der Waals surface area contributed by atoms with E-state index in [1.165, 1.54) is 18.6 Å². The van der Waals surface area contributed by atoms with Gasteiger partial charge >= 0.3 is 0 Å². The Morgan fingerprint density at radius 2 is 2.41 bits per heavy atom. The van der Waals surface area contributed by atoms with Crippen molar-refractivity contribution in [1.82, 2.24) is 9.97 Å². The molecule has 2 heterocycles. The number of rotatable bonds is 5. The van der Waals surface area contributed by atoms with Gasteiger partial charge in [-0.05, 0) is 32.4 Å². The van der Waals surface area contributed by atoms with Gasteiger partial charge in [0.1, 0.15) is 5.82 Å². The summed E-state index contributed by atoms with van der Waals surface area (Å²) in [5, 5.41) is 4.04. The molecule has 0 bridgehead atoms. The lowest BCUT2D eigenvalue weighted by Crippen LogP contribution is -2.15. The molecule has 1 aliphatic rings.